The number of para-hydroxylation sites is 1. The fourth-order valence-corrected chi connectivity index (χ4v) is 4.06. The molecule has 4 rings (SSSR count). The van der Waals surface area contributed by atoms with Crippen molar-refractivity contribution in [2.24, 2.45) is 0 Å². The third-order valence-corrected chi connectivity index (χ3v) is 5.71. The monoisotopic (exact) mass is 498 g/mol. The summed E-state index contributed by atoms with van der Waals surface area (Å²) in [6.45, 7) is 2.46. The van der Waals surface area contributed by atoms with Crippen LogP contribution in [0.3, 0.4) is 0 Å². The number of nitrogens with zero attached hydrogens (tertiary/aromatic N) is 3. The molecule has 34 heavy (non-hydrogen) atoms. The van der Waals surface area contributed by atoms with Crippen molar-refractivity contribution in [3.63, 3.8) is 0 Å². The number of aromatic hydroxyl groups is 1. The SMILES string of the molecule is Cc1ccccc1N(C)Cc1cc(Oc2c(Cl)cc(-n3ncc(=O)[nH]c3=O)cc2Cl)ccc1O. The van der Waals surface area contributed by atoms with Crippen molar-refractivity contribution in [3.05, 3.63) is 103 Å². The fourth-order valence-electron chi connectivity index (χ4n) is 3.51. The highest BCUT2D eigenvalue weighted by molar-refractivity contribution is 6.37. The maximum Gasteiger partial charge on any atom is 0.349 e. The molecule has 4 aromatic rings. The zero-order valence-corrected chi connectivity index (χ0v) is 19.8. The summed E-state index contributed by atoms with van der Waals surface area (Å²) in [6.07, 6.45) is 0.972. The van der Waals surface area contributed by atoms with Crippen LogP contribution in [-0.2, 0) is 6.54 Å². The highest BCUT2D eigenvalue weighted by Gasteiger charge is 2.15. The lowest BCUT2D eigenvalue weighted by Gasteiger charge is -2.22. The molecule has 0 bridgehead atoms. The normalized spacial score (nSPS) is 10.8. The first-order chi connectivity index (χ1) is 16.2. The molecule has 0 saturated heterocycles. The van der Waals surface area contributed by atoms with Gasteiger partial charge in [0.15, 0.2) is 5.75 Å². The van der Waals surface area contributed by atoms with E-state index in [9.17, 15) is 14.7 Å². The third-order valence-electron chi connectivity index (χ3n) is 5.15. The minimum absolute atomic E-state index is 0.129. The summed E-state index contributed by atoms with van der Waals surface area (Å²) in [5, 5.41) is 14.4. The highest BCUT2D eigenvalue weighted by Crippen LogP contribution is 2.39. The van der Waals surface area contributed by atoms with Crippen molar-refractivity contribution in [1.82, 2.24) is 14.8 Å². The van der Waals surface area contributed by atoms with Gasteiger partial charge in [-0.3, -0.25) is 9.78 Å². The van der Waals surface area contributed by atoms with E-state index in [4.69, 9.17) is 27.9 Å². The quantitative estimate of drug-likeness (QED) is 0.400. The molecule has 0 radical (unpaired) electrons. The molecule has 1 aromatic heterocycles. The van der Waals surface area contributed by atoms with Crippen LogP contribution in [0, 0.1) is 6.92 Å². The number of phenolic OH excluding ortho intramolecular Hbond substituents is 1. The Morgan fingerprint density at radius 2 is 1.79 bits per heavy atom. The van der Waals surface area contributed by atoms with Crippen LogP contribution in [-0.4, -0.2) is 26.9 Å². The van der Waals surface area contributed by atoms with Crippen molar-refractivity contribution >= 4 is 28.9 Å². The molecular formula is C24H20Cl2N4O4. The number of benzene rings is 3. The van der Waals surface area contributed by atoms with Crippen LogP contribution in [0.15, 0.2) is 70.4 Å². The molecule has 0 aliphatic rings. The summed E-state index contributed by atoms with van der Waals surface area (Å²) in [6, 6.07) is 15.7. The zero-order chi connectivity index (χ0) is 24.4. The molecule has 8 nitrogen and oxygen atoms in total. The third kappa shape index (κ3) is 4.93. The number of anilines is 1. The maximum absolute atomic E-state index is 12.0. The number of aryl methyl sites for hydroxylation is 1. The molecule has 174 valence electrons. The van der Waals surface area contributed by atoms with E-state index < -0.39 is 11.2 Å². The van der Waals surface area contributed by atoms with Crippen LogP contribution in [0.4, 0.5) is 5.69 Å². The molecule has 0 saturated carbocycles. The van der Waals surface area contributed by atoms with Gasteiger partial charge < -0.3 is 14.7 Å². The summed E-state index contributed by atoms with van der Waals surface area (Å²) in [7, 11) is 1.94. The second-order valence-electron chi connectivity index (χ2n) is 7.62. The van der Waals surface area contributed by atoms with Gasteiger partial charge >= 0.3 is 5.69 Å². The summed E-state index contributed by atoms with van der Waals surface area (Å²) in [5.41, 5.74) is 1.72. The van der Waals surface area contributed by atoms with Gasteiger partial charge in [-0.25, -0.2) is 4.79 Å². The first-order valence-electron chi connectivity index (χ1n) is 10.2. The second-order valence-corrected chi connectivity index (χ2v) is 8.44. The zero-order valence-electron chi connectivity index (χ0n) is 18.3. The van der Waals surface area contributed by atoms with Gasteiger partial charge in [-0.1, -0.05) is 41.4 Å². The van der Waals surface area contributed by atoms with E-state index in [1.54, 1.807) is 12.1 Å². The Morgan fingerprint density at radius 3 is 2.47 bits per heavy atom. The molecule has 0 unspecified atom stereocenters. The number of phenols is 1. The van der Waals surface area contributed by atoms with E-state index in [1.165, 1.54) is 18.2 Å². The number of ether oxygens (including phenoxy) is 1. The van der Waals surface area contributed by atoms with Crippen molar-refractivity contribution in [1.29, 1.82) is 0 Å². The Labute approximate surface area is 204 Å². The van der Waals surface area contributed by atoms with E-state index in [0.717, 1.165) is 22.1 Å². The summed E-state index contributed by atoms with van der Waals surface area (Å²) < 4.78 is 6.89. The molecule has 0 fully saturated rings. The lowest BCUT2D eigenvalue weighted by Crippen LogP contribution is -2.30. The minimum atomic E-state index is -0.728. The predicted molar refractivity (Wildman–Crippen MR) is 132 cm³/mol. The lowest BCUT2D eigenvalue weighted by molar-refractivity contribution is 0.457. The van der Waals surface area contributed by atoms with Crippen molar-refractivity contribution < 1.29 is 9.84 Å². The summed E-state index contributed by atoms with van der Waals surface area (Å²) in [5.74, 6) is 0.721. The van der Waals surface area contributed by atoms with Gasteiger partial charge in [0.2, 0.25) is 0 Å². The Balaban J connectivity index is 1.61. The van der Waals surface area contributed by atoms with Crippen LogP contribution in [0.1, 0.15) is 11.1 Å². The Hall–Kier alpha value is -3.75. The first-order valence-corrected chi connectivity index (χ1v) is 10.9. The van der Waals surface area contributed by atoms with E-state index in [2.05, 4.69) is 10.1 Å². The number of nitrogens with one attached hydrogen (secondary N) is 1. The average molecular weight is 499 g/mol. The van der Waals surface area contributed by atoms with E-state index in [1.807, 2.05) is 43.1 Å². The molecule has 10 heteroatoms. The molecule has 0 spiro atoms. The fraction of sp³-hybridized carbons (Fsp3) is 0.125. The van der Waals surface area contributed by atoms with Crippen LogP contribution in [0.5, 0.6) is 17.2 Å². The molecule has 1 heterocycles. The minimum Gasteiger partial charge on any atom is -0.508 e. The molecule has 0 atom stereocenters. The Kier molecular flexibility index (Phi) is 6.63. The first kappa shape index (κ1) is 23.4. The van der Waals surface area contributed by atoms with Crippen LogP contribution in [0.2, 0.25) is 10.0 Å². The molecular weight excluding hydrogens is 479 g/mol. The van der Waals surface area contributed by atoms with Gasteiger partial charge in [-0.15, -0.1) is 0 Å². The van der Waals surface area contributed by atoms with Gasteiger partial charge in [0.1, 0.15) is 17.7 Å². The standard InChI is InChI=1S/C24H20Cl2N4O4/c1-14-5-3-4-6-20(14)29(2)13-15-9-17(7-8-21(15)31)34-23-18(25)10-16(11-19(23)26)30-24(33)28-22(32)12-27-30/h3-12,31H,13H2,1-2H3,(H,28,32,33). The number of rotatable bonds is 6. The second kappa shape index (κ2) is 9.62. The topological polar surface area (TPSA) is 100 Å². The van der Waals surface area contributed by atoms with E-state index in [-0.39, 0.29) is 27.2 Å². The lowest BCUT2D eigenvalue weighted by atomic mass is 10.1. The molecule has 2 N–H and O–H groups in total. The highest BCUT2D eigenvalue weighted by atomic mass is 35.5. The maximum atomic E-state index is 12.0. The van der Waals surface area contributed by atoms with Gasteiger partial charge in [0.25, 0.3) is 5.56 Å². The Morgan fingerprint density at radius 1 is 1.09 bits per heavy atom. The number of halogens is 2. The van der Waals surface area contributed by atoms with Crippen LogP contribution in [0.25, 0.3) is 5.69 Å². The Bertz CT molecular complexity index is 1460. The molecule has 0 aliphatic heterocycles. The summed E-state index contributed by atoms with van der Waals surface area (Å²) in [4.78, 5) is 27.4. The summed E-state index contributed by atoms with van der Waals surface area (Å²) >= 11 is 12.8. The predicted octanol–water partition coefficient (Wildman–Crippen LogP) is 4.67. The smallest absolute Gasteiger partial charge is 0.349 e. The number of aromatic amines is 1. The van der Waals surface area contributed by atoms with Gasteiger partial charge in [-0.2, -0.15) is 9.78 Å². The number of hydrogen-bond acceptors (Lipinski definition) is 6. The van der Waals surface area contributed by atoms with E-state index in [0.29, 0.717) is 17.9 Å². The van der Waals surface area contributed by atoms with Gasteiger partial charge in [0.05, 0.1) is 15.7 Å². The van der Waals surface area contributed by atoms with Crippen LogP contribution < -0.4 is 20.9 Å². The van der Waals surface area contributed by atoms with Crippen LogP contribution >= 0.6 is 23.2 Å². The number of H-pyrrole nitrogens is 1. The van der Waals surface area contributed by atoms with Crippen molar-refractivity contribution in [2.75, 3.05) is 11.9 Å². The van der Waals surface area contributed by atoms with Gasteiger partial charge in [0, 0.05) is 24.8 Å². The largest absolute Gasteiger partial charge is 0.508 e. The molecule has 0 amide bonds. The number of hydrogen-bond donors (Lipinski definition) is 2. The molecule has 0 aliphatic carbocycles. The number of aromatic nitrogens is 3. The van der Waals surface area contributed by atoms with E-state index >= 15 is 0 Å². The average Bonchev–Trinajstić information content (AvgIpc) is 2.78. The molecule has 3 aromatic carbocycles. The van der Waals surface area contributed by atoms with Crippen molar-refractivity contribution in [2.45, 2.75) is 13.5 Å². The van der Waals surface area contributed by atoms with Crippen molar-refractivity contribution in [3.8, 4) is 22.9 Å². The van der Waals surface area contributed by atoms with Gasteiger partial charge in [-0.05, 0) is 48.9 Å².